The number of carbonyl (C=O) groups is 1. The van der Waals surface area contributed by atoms with Crippen molar-refractivity contribution in [1.82, 2.24) is 4.98 Å². The molecule has 20 heavy (non-hydrogen) atoms. The first-order valence-corrected chi connectivity index (χ1v) is 6.36. The number of aromatic carboxylic acids is 1. The summed E-state index contributed by atoms with van der Waals surface area (Å²) in [5.41, 5.74) is -0.768. The van der Waals surface area contributed by atoms with Gasteiger partial charge in [-0.2, -0.15) is 0 Å². The van der Waals surface area contributed by atoms with Crippen molar-refractivity contribution in [3.8, 4) is 11.6 Å². The van der Waals surface area contributed by atoms with Crippen LogP contribution in [-0.4, -0.2) is 21.0 Å². The molecule has 1 heterocycles. The Morgan fingerprint density at radius 2 is 2.15 bits per heavy atom. The van der Waals surface area contributed by atoms with Gasteiger partial charge in [-0.1, -0.05) is 6.07 Å². The minimum Gasteiger partial charge on any atom is -0.477 e. The van der Waals surface area contributed by atoms with Crippen LogP contribution < -0.4 is 4.74 Å². The Bertz CT molecular complexity index is 689. The van der Waals surface area contributed by atoms with Crippen LogP contribution >= 0.6 is 22.6 Å². The van der Waals surface area contributed by atoms with E-state index in [2.05, 4.69) is 27.6 Å². The number of carboxylic acid groups (broad SMARTS) is 1. The lowest BCUT2D eigenvalue weighted by molar-refractivity contribution is -0.385. The lowest BCUT2D eigenvalue weighted by Crippen LogP contribution is -2.03. The van der Waals surface area contributed by atoms with E-state index in [1.165, 1.54) is 0 Å². The molecular formula is C12H7IN2O5. The lowest BCUT2D eigenvalue weighted by atomic mass is 10.2. The van der Waals surface area contributed by atoms with Crippen LogP contribution in [0.4, 0.5) is 5.69 Å². The lowest BCUT2D eigenvalue weighted by Gasteiger charge is -2.07. The first-order chi connectivity index (χ1) is 9.47. The van der Waals surface area contributed by atoms with Crippen molar-refractivity contribution in [2.24, 2.45) is 0 Å². The number of nitrogens with zero attached hydrogens (tertiary/aromatic N) is 2. The third kappa shape index (κ3) is 3.20. The Hall–Kier alpha value is -2.23. The average Bonchev–Trinajstić information content (AvgIpc) is 2.38. The zero-order valence-electron chi connectivity index (χ0n) is 9.82. The van der Waals surface area contributed by atoms with Crippen molar-refractivity contribution in [3.63, 3.8) is 0 Å². The highest BCUT2D eigenvalue weighted by Gasteiger charge is 2.19. The molecule has 0 aliphatic heterocycles. The third-order valence-corrected chi connectivity index (χ3v) is 2.96. The van der Waals surface area contributed by atoms with E-state index in [1.807, 2.05) is 6.07 Å². The van der Waals surface area contributed by atoms with Gasteiger partial charge in [-0.15, -0.1) is 0 Å². The molecular weight excluding hydrogens is 379 g/mol. The molecule has 2 rings (SSSR count). The van der Waals surface area contributed by atoms with Crippen LogP contribution in [0.15, 0.2) is 36.5 Å². The highest BCUT2D eigenvalue weighted by atomic mass is 127. The van der Waals surface area contributed by atoms with Gasteiger partial charge in [-0.3, -0.25) is 10.1 Å². The van der Waals surface area contributed by atoms with Gasteiger partial charge in [0, 0.05) is 9.64 Å². The van der Waals surface area contributed by atoms with Crippen LogP contribution in [0, 0.1) is 13.7 Å². The highest BCUT2D eigenvalue weighted by Crippen LogP contribution is 2.26. The van der Waals surface area contributed by atoms with E-state index in [1.54, 1.807) is 18.2 Å². The van der Waals surface area contributed by atoms with E-state index >= 15 is 0 Å². The smallest absolute Gasteiger partial charge is 0.341 e. The molecule has 1 N–H and O–H groups in total. The number of pyridine rings is 1. The number of ether oxygens (including phenoxy) is 1. The third-order valence-electron chi connectivity index (χ3n) is 2.29. The van der Waals surface area contributed by atoms with E-state index in [0.717, 1.165) is 15.8 Å². The predicted octanol–water partition coefficient (Wildman–Crippen LogP) is 3.08. The number of benzene rings is 1. The topological polar surface area (TPSA) is 103 Å². The van der Waals surface area contributed by atoms with Gasteiger partial charge >= 0.3 is 5.97 Å². The number of hydrogen-bond donors (Lipinski definition) is 1. The summed E-state index contributed by atoms with van der Waals surface area (Å²) >= 11 is 2.08. The number of nitro groups is 1. The summed E-state index contributed by atoms with van der Waals surface area (Å²) in [6, 6.07) is 7.82. The Kier molecular flexibility index (Phi) is 4.13. The average molecular weight is 386 g/mol. The number of hydrogen-bond acceptors (Lipinski definition) is 5. The predicted molar refractivity (Wildman–Crippen MR) is 77.1 cm³/mol. The molecule has 7 nitrogen and oxygen atoms in total. The molecule has 0 radical (unpaired) electrons. The standard InChI is InChI=1S/C12H7IN2O5/c13-7-2-1-3-9(4-7)20-11-10(12(16)17)5-8(6-14-11)15(18)19/h1-6H,(H,16,17). The van der Waals surface area contributed by atoms with Crippen LogP contribution in [0.2, 0.25) is 0 Å². The molecule has 0 saturated heterocycles. The zero-order chi connectivity index (χ0) is 14.7. The summed E-state index contributed by atoms with van der Waals surface area (Å²) in [7, 11) is 0. The van der Waals surface area contributed by atoms with Crippen molar-refractivity contribution in [2.75, 3.05) is 0 Å². The Balaban J connectivity index is 2.41. The zero-order valence-corrected chi connectivity index (χ0v) is 12.0. The molecule has 0 spiro atoms. The maximum Gasteiger partial charge on any atom is 0.341 e. The van der Waals surface area contributed by atoms with Gasteiger partial charge in [-0.05, 0) is 40.8 Å². The van der Waals surface area contributed by atoms with Gasteiger partial charge in [0.15, 0.2) is 0 Å². The van der Waals surface area contributed by atoms with Crippen molar-refractivity contribution in [3.05, 3.63) is 55.8 Å². The van der Waals surface area contributed by atoms with E-state index in [0.29, 0.717) is 5.75 Å². The second-order valence-electron chi connectivity index (χ2n) is 3.67. The molecule has 102 valence electrons. The van der Waals surface area contributed by atoms with Crippen molar-refractivity contribution >= 4 is 34.2 Å². The number of rotatable bonds is 4. The first kappa shape index (κ1) is 14.2. The molecule has 0 aliphatic rings. The molecule has 2 aromatic rings. The Morgan fingerprint density at radius 1 is 1.40 bits per heavy atom. The fourth-order valence-corrected chi connectivity index (χ4v) is 1.93. The van der Waals surface area contributed by atoms with Crippen LogP contribution in [0.25, 0.3) is 0 Å². The van der Waals surface area contributed by atoms with Crippen molar-refractivity contribution < 1.29 is 19.6 Å². The van der Waals surface area contributed by atoms with Crippen molar-refractivity contribution in [2.45, 2.75) is 0 Å². The van der Waals surface area contributed by atoms with E-state index in [4.69, 9.17) is 9.84 Å². The normalized spacial score (nSPS) is 10.1. The van der Waals surface area contributed by atoms with E-state index in [-0.39, 0.29) is 11.4 Å². The molecule has 0 amide bonds. The Labute approximate surface area is 126 Å². The summed E-state index contributed by atoms with van der Waals surface area (Å²) in [5, 5.41) is 19.7. The molecule has 0 unspecified atom stereocenters. The summed E-state index contributed by atoms with van der Waals surface area (Å²) in [5.74, 6) is -1.13. The second kappa shape index (κ2) is 5.82. The summed E-state index contributed by atoms with van der Waals surface area (Å²) in [4.78, 5) is 24.7. The minimum atomic E-state index is -1.35. The van der Waals surface area contributed by atoms with Crippen LogP contribution in [0.5, 0.6) is 11.6 Å². The van der Waals surface area contributed by atoms with Gasteiger partial charge in [-0.25, -0.2) is 9.78 Å². The fraction of sp³-hybridized carbons (Fsp3) is 0. The largest absolute Gasteiger partial charge is 0.477 e. The molecule has 0 aliphatic carbocycles. The monoisotopic (exact) mass is 386 g/mol. The quantitative estimate of drug-likeness (QED) is 0.492. The van der Waals surface area contributed by atoms with Gasteiger partial charge < -0.3 is 9.84 Å². The number of halogens is 1. The number of carboxylic acids is 1. The van der Waals surface area contributed by atoms with Gasteiger partial charge in [0.2, 0.25) is 5.88 Å². The maximum absolute atomic E-state index is 11.1. The minimum absolute atomic E-state index is 0.190. The molecule has 1 aromatic carbocycles. The summed E-state index contributed by atoms with van der Waals surface area (Å²) < 4.78 is 6.27. The molecule has 1 aromatic heterocycles. The van der Waals surface area contributed by atoms with Gasteiger partial charge in [0.25, 0.3) is 5.69 Å². The highest BCUT2D eigenvalue weighted by molar-refractivity contribution is 14.1. The van der Waals surface area contributed by atoms with Gasteiger partial charge in [0.05, 0.1) is 4.92 Å². The SMILES string of the molecule is O=C(O)c1cc([N+](=O)[O-])cnc1Oc1cccc(I)c1. The maximum atomic E-state index is 11.1. The fourth-order valence-electron chi connectivity index (χ4n) is 1.42. The van der Waals surface area contributed by atoms with E-state index < -0.39 is 16.6 Å². The van der Waals surface area contributed by atoms with Crippen LogP contribution in [-0.2, 0) is 0 Å². The van der Waals surface area contributed by atoms with Crippen LogP contribution in [0.1, 0.15) is 10.4 Å². The molecule has 0 saturated carbocycles. The first-order valence-electron chi connectivity index (χ1n) is 5.28. The van der Waals surface area contributed by atoms with Crippen molar-refractivity contribution in [1.29, 1.82) is 0 Å². The molecule has 0 fully saturated rings. The number of aromatic nitrogens is 1. The van der Waals surface area contributed by atoms with Crippen LogP contribution in [0.3, 0.4) is 0 Å². The molecule has 0 bridgehead atoms. The van der Waals surface area contributed by atoms with E-state index in [9.17, 15) is 14.9 Å². The summed E-state index contributed by atoms with van der Waals surface area (Å²) in [6.07, 6.45) is 0.954. The molecule has 0 atom stereocenters. The second-order valence-corrected chi connectivity index (χ2v) is 4.91. The van der Waals surface area contributed by atoms with Gasteiger partial charge in [0.1, 0.15) is 17.5 Å². The summed E-state index contributed by atoms with van der Waals surface area (Å²) in [6.45, 7) is 0. The molecule has 8 heteroatoms. The Morgan fingerprint density at radius 3 is 2.75 bits per heavy atom.